The van der Waals surface area contributed by atoms with Crippen LogP contribution in [0.4, 0.5) is 5.82 Å². The molecule has 33 heavy (non-hydrogen) atoms. The van der Waals surface area contributed by atoms with E-state index in [1.54, 1.807) is 0 Å². The second-order valence-electron chi connectivity index (χ2n) is 8.87. The minimum atomic E-state index is 0.0959. The lowest BCUT2D eigenvalue weighted by Crippen LogP contribution is -2.31. The maximum atomic E-state index is 13.5. The van der Waals surface area contributed by atoms with Gasteiger partial charge < -0.3 is 9.80 Å². The van der Waals surface area contributed by atoms with E-state index in [1.165, 1.54) is 11.1 Å². The van der Waals surface area contributed by atoms with E-state index in [0.717, 1.165) is 46.6 Å². The molecule has 3 heterocycles. The van der Waals surface area contributed by atoms with Gasteiger partial charge in [-0.25, -0.2) is 4.98 Å². The van der Waals surface area contributed by atoms with Crippen molar-refractivity contribution in [1.82, 2.24) is 14.9 Å². The number of aromatic nitrogens is 2. The Labute approximate surface area is 193 Å². The van der Waals surface area contributed by atoms with Crippen molar-refractivity contribution >= 4 is 22.8 Å². The minimum absolute atomic E-state index is 0.0959. The topological polar surface area (TPSA) is 49.3 Å². The van der Waals surface area contributed by atoms with E-state index < -0.39 is 0 Å². The molecule has 1 amide bonds. The Morgan fingerprint density at radius 1 is 0.909 bits per heavy atom. The van der Waals surface area contributed by atoms with Gasteiger partial charge in [0.05, 0.1) is 17.2 Å². The number of fused-ring (bicyclic) bond motifs is 2. The van der Waals surface area contributed by atoms with Gasteiger partial charge in [0.25, 0.3) is 5.91 Å². The van der Waals surface area contributed by atoms with Crippen LogP contribution in [0.2, 0.25) is 0 Å². The van der Waals surface area contributed by atoms with E-state index >= 15 is 0 Å². The lowest BCUT2D eigenvalue weighted by Gasteiger charge is -2.21. The second-order valence-corrected chi connectivity index (χ2v) is 8.87. The van der Waals surface area contributed by atoms with Gasteiger partial charge in [-0.15, -0.1) is 0 Å². The maximum absolute atomic E-state index is 13.5. The number of hydrogen-bond donors (Lipinski definition) is 0. The van der Waals surface area contributed by atoms with Gasteiger partial charge in [-0.1, -0.05) is 60.2 Å². The molecule has 6 rings (SSSR count). The van der Waals surface area contributed by atoms with Crippen LogP contribution in [0.1, 0.15) is 15.9 Å². The summed E-state index contributed by atoms with van der Waals surface area (Å²) in [4.78, 5) is 27.0. The number of nitrogens with zero attached hydrogens (tertiary/aromatic N) is 4. The summed E-state index contributed by atoms with van der Waals surface area (Å²) < 4.78 is 0. The Bertz CT molecular complexity index is 1390. The molecule has 162 valence electrons. The summed E-state index contributed by atoms with van der Waals surface area (Å²) >= 11 is 0. The number of hydrogen-bond acceptors (Lipinski definition) is 4. The molecule has 1 atom stereocenters. The summed E-state index contributed by atoms with van der Waals surface area (Å²) in [5, 5.41) is 0. The minimum Gasteiger partial charge on any atom is -0.334 e. The summed E-state index contributed by atoms with van der Waals surface area (Å²) in [6.07, 6.45) is 3.99. The Morgan fingerprint density at radius 3 is 2.48 bits per heavy atom. The van der Waals surface area contributed by atoms with Crippen LogP contribution in [0.5, 0.6) is 0 Å². The molecule has 5 nitrogen and oxygen atoms in total. The van der Waals surface area contributed by atoms with E-state index in [1.807, 2.05) is 59.6 Å². The van der Waals surface area contributed by atoms with Gasteiger partial charge in [0, 0.05) is 37.3 Å². The predicted octanol–water partition coefficient (Wildman–Crippen LogP) is 5.08. The van der Waals surface area contributed by atoms with Crippen LogP contribution in [-0.4, -0.2) is 40.4 Å². The van der Waals surface area contributed by atoms with E-state index in [4.69, 9.17) is 4.98 Å². The van der Waals surface area contributed by atoms with Crippen molar-refractivity contribution in [2.75, 3.05) is 24.5 Å². The first kappa shape index (κ1) is 19.7. The largest absolute Gasteiger partial charge is 0.334 e. The molecule has 0 N–H and O–H groups in total. The van der Waals surface area contributed by atoms with Crippen LogP contribution in [-0.2, 0) is 0 Å². The molecule has 4 aromatic rings. The number of carbonyl (C=O) groups is 1. The summed E-state index contributed by atoms with van der Waals surface area (Å²) in [5.41, 5.74) is 7.12. The zero-order chi connectivity index (χ0) is 22.4. The SMILES string of the molecule is Cc1ccc(-c2ccccc2C(=O)N2CC3=CN(c4cnc5ccccc5n4)CC3C2)cc1. The van der Waals surface area contributed by atoms with Gasteiger partial charge in [-0.3, -0.25) is 9.78 Å². The highest BCUT2D eigenvalue weighted by atomic mass is 16.2. The average molecular weight is 433 g/mol. The third-order valence-electron chi connectivity index (χ3n) is 6.61. The molecule has 0 spiro atoms. The highest BCUT2D eigenvalue weighted by molar-refractivity contribution is 6.01. The zero-order valence-corrected chi connectivity index (χ0v) is 18.5. The van der Waals surface area contributed by atoms with Crippen molar-refractivity contribution in [2.24, 2.45) is 5.92 Å². The summed E-state index contributed by atoms with van der Waals surface area (Å²) in [6.45, 7) is 4.28. The van der Waals surface area contributed by atoms with Crippen molar-refractivity contribution in [3.63, 3.8) is 0 Å². The van der Waals surface area contributed by atoms with Crippen LogP contribution in [0, 0.1) is 12.8 Å². The Kier molecular flexibility index (Phi) is 4.68. The van der Waals surface area contributed by atoms with E-state index in [9.17, 15) is 4.79 Å². The number of carbonyl (C=O) groups excluding carboxylic acids is 1. The molecule has 1 aromatic heterocycles. The number of aryl methyl sites for hydroxylation is 1. The van der Waals surface area contributed by atoms with Crippen LogP contribution >= 0.6 is 0 Å². The first-order chi connectivity index (χ1) is 16.2. The number of amides is 1. The summed E-state index contributed by atoms with van der Waals surface area (Å²) in [5.74, 6) is 1.28. The van der Waals surface area contributed by atoms with E-state index in [2.05, 4.69) is 47.3 Å². The molecule has 5 heteroatoms. The van der Waals surface area contributed by atoms with Gasteiger partial charge in [-0.05, 0) is 41.8 Å². The molecule has 1 saturated heterocycles. The quantitative estimate of drug-likeness (QED) is 0.453. The fraction of sp³-hybridized carbons (Fsp3) is 0.179. The van der Waals surface area contributed by atoms with Crippen molar-refractivity contribution in [2.45, 2.75) is 6.92 Å². The second kappa shape index (κ2) is 7.85. The van der Waals surface area contributed by atoms with Crippen molar-refractivity contribution in [3.8, 4) is 11.1 Å². The van der Waals surface area contributed by atoms with Crippen LogP contribution in [0.15, 0.2) is 90.8 Å². The fourth-order valence-corrected chi connectivity index (χ4v) is 4.83. The lowest BCUT2D eigenvalue weighted by molar-refractivity contribution is 0.0790. The highest BCUT2D eigenvalue weighted by Crippen LogP contribution is 2.34. The summed E-state index contributed by atoms with van der Waals surface area (Å²) in [6, 6.07) is 24.2. The zero-order valence-electron chi connectivity index (χ0n) is 18.5. The Hall–Kier alpha value is -3.99. The molecular weight excluding hydrogens is 408 g/mol. The van der Waals surface area contributed by atoms with Gasteiger partial charge in [-0.2, -0.15) is 0 Å². The fourth-order valence-electron chi connectivity index (χ4n) is 4.83. The Morgan fingerprint density at radius 2 is 1.67 bits per heavy atom. The molecular formula is C28H24N4O. The normalized spacial score (nSPS) is 17.4. The van der Waals surface area contributed by atoms with Crippen LogP contribution in [0.3, 0.4) is 0 Å². The van der Waals surface area contributed by atoms with Crippen molar-refractivity contribution in [3.05, 3.63) is 102 Å². The molecule has 0 saturated carbocycles. The smallest absolute Gasteiger partial charge is 0.254 e. The molecule has 2 aliphatic rings. The third kappa shape index (κ3) is 3.55. The molecule has 0 bridgehead atoms. The maximum Gasteiger partial charge on any atom is 0.254 e. The molecule has 0 radical (unpaired) electrons. The van der Waals surface area contributed by atoms with Crippen LogP contribution in [0.25, 0.3) is 22.2 Å². The van der Waals surface area contributed by atoms with Crippen molar-refractivity contribution in [1.29, 1.82) is 0 Å². The molecule has 2 aliphatic heterocycles. The van der Waals surface area contributed by atoms with Gasteiger partial charge >= 0.3 is 0 Å². The first-order valence-corrected chi connectivity index (χ1v) is 11.3. The highest BCUT2D eigenvalue weighted by Gasteiger charge is 2.37. The van der Waals surface area contributed by atoms with Crippen LogP contribution < -0.4 is 4.90 Å². The van der Waals surface area contributed by atoms with E-state index in [-0.39, 0.29) is 5.91 Å². The van der Waals surface area contributed by atoms with Gasteiger partial charge in [0.1, 0.15) is 0 Å². The number of likely N-dealkylation sites (tertiary alicyclic amines) is 1. The van der Waals surface area contributed by atoms with Crippen molar-refractivity contribution < 1.29 is 4.79 Å². The average Bonchev–Trinajstić information content (AvgIpc) is 3.44. The van der Waals surface area contributed by atoms with E-state index in [0.29, 0.717) is 12.5 Å². The standard InChI is InChI=1S/C28H24N4O/c1-19-10-12-20(13-11-19)23-6-2-3-7-24(23)28(33)32-17-21-15-31(16-22(21)18-32)27-14-29-25-8-4-5-9-26(25)30-27/h2-15,22H,16-18H2,1H3. The monoisotopic (exact) mass is 432 g/mol. The molecule has 1 unspecified atom stereocenters. The third-order valence-corrected chi connectivity index (χ3v) is 6.61. The Balaban J connectivity index is 1.23. The molecule has 1 fully saturated rings. The van der Waals surface area contributed by atoms with Gasteiger partial charge in [0.15, 0.2) is 5.82 Å². The number of rotatable bonds is 3. The van der Waals surface area contributed by atoms with Gasteiger partial charge in [0.2, 0.25) is 0 Å². The number of benzene rings is 3. The summed E-state index contributed by atoms with van der Waals surface area (Å²) in [7, 11) is 0. The molecule has 0 aliphatic carbocycles. The predicted molar refractivity (Wildman–Crippen MR) is 131 cm³/mol. The number of para-hydroxylation sites is 2. The molecule has 3 aromatic carbocycles. The first-order valence-electron chi connectivity index (χ1n) is 11.3. The lowest BCUT2D eigenvalue weighted by atomic mass is 9.98. The number of anilines is 1.